The molecule has 1 saturated heterocycles. The molecule has 1 heterocycles. The van der Waals surface area contributed by atoms with Gasteiger partial charge in [0.05, 0.1) is 6.10 Å². The van der Waals surface area contributed by atoms with Gasteiger partial charge in [-0.15, -0.1) is 0 Å². The molecule has 0 bridgehead atoms. The average molecular weight is 240 g/mol. The molecule has 1 N–H and O–H groups in total. The highest BCUT2D eigenvalue weighted by molar-refractivity contribution is 4.91. The fourth-order valence-electron chi connectivity index (χ4n) is 3.55. The highest BCUT2D eigenvalue weighted by Gasteiger charge is 2.34. The van der Waals surface area contributed by atoms with Crippen molar-refractivity contribution in [2.75, 3.05) is 27.2 Å². The normalized spacial score (nSPS) is 40.4. The van der Waals surface area contributed by atoms with Gasteiger partial charge in [-0.05, 0) is 51.6 Å². The number of rotatable bonds is 3. The molecule has 0 radical (unpaired) electrons. The first-order chi connectivity index (χ1) is 8.24. The van der Waals surface area contributed by atoms with E-state index in [0.717, 1.165) is 18.5 Å². The first kappa shape index (κ1) is 13.3. The van der Waals surface area contributed by atoms with Gasteiger partial charge in [0.2, 0.25) is 0 Å². The van der Waals surface area contributed by atoms with E-state index in [1.54, 1.807) is 0 Å². The molecule has 0 aromatic carbocycles. The standard InChI is InChI=1S/C14H28N2O/c1-11-6-7-13(15-2)14(9-11)16-8-4-5-12(10-16)17-3/h11-15H,4-10H2,1-3H3. The van der Waals surface area contributed by atoms with Crippen LogP contribution in [-0.2, 0) is 4.74 Å². The van der Waals surface area contributed by atoms with E-state index in [1.807, 2.05) is 7.11 Å². The molecule has 1 saturated carbocycles. The van der Waals surface area contributed by atoms with Gasteiger partial charge in [0.25, 0.3) is 0 Å². The zero-order valence-electron chi connectivity index (χ0n) is 11.6. The summed E-state index contributed by atoms with van der Waals surface area (Å²) >= 11 is 0. The molecule has 0 amide bonds. The number of methoxy groups -OCH3 is 1. The molecule has 1 aliphatic heterocycles. The number of nitrogens with zero attached hydrogens (tertiary/aromatic N) is 1. The van der Waals surface area contributed by atoms with Crippen molar-refractivity contribution in [3.8, 4) is 0 Å². The van der Waals surface area contributed by atoms with Crippen LogP contribution in [0.2, 0.25) is 0 Å². The van der Waals surface area contributed by atoms with Gasteiger partial charge in [-0.2, -0.15) is 0 Å². The highest BCUT2D eigenvalue weighted by Crippen LogP contribution is 2.29. The minimum absolute atomic E-state index is 0.457. The van der Waals surface area contributed by atoms with Crippen molar-refractivity contribution in [1.82, 2.24) is 10.2 Å². The van der Waals surface area contributed by atoms with Gasteiger partial charge in [0.15, 0.2) is 0 Å². The van der Waals surface area contributed by atoms with E-state index in [4.69, 9.17) is 4.74 Å². The number of likely N-dealkylation sites (tertiary alicyclic amines) is 1. The molecule has 3 nitrogen and oxygen atoms in total. The molecule has 3 heteroatoms. The second-order valence-electron chi connectivity index (χ2n) is 5.88. The van der Waals surface area contributed by atoms with Crippen LogP contribution in [-0.4, -0.2) is 50.3 Å². The van der Waals surface area contributed by atoms with Crippen LogP contribution in [0.5, 0.6) is 0 Å². The summed E-state index contributed by atoms with van der Waals surface area (Å²) in [4.78, 5) is 2.68. The summed E-state index contributed by atoms with van der Waals surface area (Å²) in [6, 6.07) is 1.41. The Morgan fingerprint density at radius 2 is 2.06 bits per heavy atom. The Morgan fingerprint density at radius 3 is 2.76 bits per heavy atom. The number of hydrogen-bond donors (Lipinski definition) is 1. The highest BCUT2D eigenvalue weighted by atomic mass is 16.5. The Kier molecular flexibility index (Phi) is 4.83. The molecule has 2 fully saturated rings. The van der Waals surface area contributed by atoms with E-state index < -0.39 is 0 Å². The van der Waals surface area contributed by atoms with E-state index in [9.17, 15) is 0 Å². The second kappa shape index (κ2) is 6.17. The molecular weight excluding hydrogens is 212 g/mol. The zero-order chi connectivity index (χ0) is 12.3. The van der Waals surface area contributed by atoms with Crippen LogP contribution in [0.1, 0.15) is 39.0 Å². The minimum atomic E-state index is 0.457. The number of nitrogens with one attached hydrogen (secondary N) is 1. The molecule has 2 aliphatic rings. The van der Waals surface area contributed by atoms with Crippen LogP contribution >= 0.6 is 0 Å². The zero-order valence-corrected chi connectivity index (χ0v) is 11.6. The maximum absolute atomic E-state index is 5.55. The Balaban J connectivity index is 1.97. The maximum atomic E-state index is 5.55. The van der Waals surface area contributed by atoms with Crippen LogP contribution in [0.25, 0.3) is 0 Å². The molecule has 4 unspecified atom stereocenters. The first-order valence-corrected chi connectivity index (χ1v) is 7.18. The van der Waals surface area contributed by atoms with Gasteiger partial charge < -0.3 is 10.1 Å². The van der Waals surface area contributed by atoms with E-state index in [0.29, 0.717) is 12.1 Å². The quantitative estimate of drug-likeness (QED) is 0.815. The van der Waals surface area contributed by atoms with E-state index >= 15 is 0 Å². The van der Waals surface area contributed by atoms with Crippen LogP contribution in [0.15, 0.2) is 0 Å². The monoisotopic (exact) mass is 240 g/mol. The lowest BCUT2D eigenvalue weighted by atomic mass is 9.82. The predicted molar refractivity (Wildman–Crippen MR) is 71.3 cm³/mol. The van der Waals surface area contributed by atoms with Crippen LogP contribution < -0.4 is 5.32 Å². The Hall–Kier alpha value is -0.120. The van der Waals surface area contributed by atoms with Gasteiger partial charge in [-0.25, -0.2) is 0 Å². The summed E-state index contributed by atoms with van der Waals surface area (Å²) in [5.41, 5.74) is 0. The lowest BCUT2D eigenvalue weighted by Crippen LogP contribution is -2.55. The first-order valence-electron chi connectivity index (χ1n) is 7.18. The van der Waals surface area contributed by atoms with Crippen molar-refractivity contribution in [2.24, 2.45) is 5.92 Å². The van der Waals surface area contributed by atoms with E-state index in [-0.39, 0.29) is 0 Å². The van der Waals surface area contributed by atoms with Crippen molar-refractivity contribution in [3.63, 3.8) is 0 Å². The number of hydrogen-bond acceptors (Lipinski definition) is 3. The second-order valence-corrected chi connectivity index (χ2v) is 5.88. The Labute approximate surface area is 106 Å². The molecule has 2 rings (SSSR count). The summed E-state index contributed by atoms with van der Waals surface area (Å²) in [5.74, 6) is 0.882. The predicted octanol–water partition coefficient (Wildman–Crippen LogP) is 1.87. The van der Waals surface area contributed by atoms with Gasteiger partial charge in [0.1, 0.15) is 0 Å². The molecule has 4 atom stereocenters. The minimum Gasteiger partial charge on any atom is -0.380 e. The number of likely N-dealkylation sites (N-methyl/N-ethyl adjacent to an activating group) is 1. The number of ether oxygens (including phenoxy) is 1. The van der Waals surface area contributed by atoms with Gasteiger partial charge >= 0.3 is 0 Å². The van der Waals surface area contributed by atoms with Crippen molar-refractivity contribution < 1.29 is 4.74 Å². The third kappa shape index (κ3) is 3.21. The SMILES string of the molecule is CNC1CCC(C)CC1N1CCCC(OC)C1. The Bertz CT molecular complexity index is 234. The summed E-state index contributed by atoms with van der Waals surface area (Å²) in [6.07, 6.45) is 7.04. The molecule has 0 spiro atoms. The van der Waals surface area contributed by atoms with Gasteiger partial charge in [-0.1, -0.05) is 6.92 Å². The van der Waals surface area contributed by atoms with Gasteiger partial charge in [-0.3, -0.25) is 4.90 Å². The Morgan fingerprint density at radius 1 is 1.24 bits per heavy atom. The van der Waals surface area contributed by atoms with Crippen LogP contribution in [0, 0.1) is 5.92 Å². The fourth-order valence-corrected chi connectivity index (χ4v) is 3.55. The molecule has 1 aliphatic carbocycles. The largest absolute Gasteiger partial charge is 0.380 e. The van der Waals surface area contributed by atoms with Crippen molar-refractivity contribution in [2.45, 2.75) is 57.2 Å². The summed E-state index contributed by atoms with van der Waals surface area (Å²) in [5, 5.41) is 3.52. The molecule has 0 aromatic heterocycles. The van der Waals surface area contributed by atoms with E-state index in [2.05, 4.69) is 24.2 Å². The summed E-state index contributed by atoms with van der Waals surface area (Å²) in [7, 11) is 3.97. The average Bonchev–Trinajstić information content (AvgIpc) is 2.39. The van der Waals surface area contributed by atoms with E-state index in [1.165, 1.54) is 38.6 Å². The van der Waals surface area contributed by atoms with Crippen molar-refractivity contribution in [1.29, 1.82) is 0 Å². The lowest BCUT2D eigenvalue weighted by Gasteiger charge is -2.45. The molecule has 0 aromatic rings. The maximum Gasteiger partial charge on any atom is 0.0698 e. The number of piperidine rings is 1. The third-order valence-electron chi connectivity index (χ3n) is 4.66. The third-order valence-corrected chi connectivity index (χ3v) is 4.66. The van der Waals surface area contributed by atoms with Crippen LogP contribution in [0.3, 0.4) is 0 Å². The van der Waals surface area contributed by atoms with Crippen molar-refractivity contribution >= 4 is 0 Å². The summed E-state index contributed by atoms with van der Waals surface area (Å²) in [6.45, 7) is 4.79. The lowest BCUT2D eigenvalue weighted by molar-refractivity contribution is -0.00408. The molecule has 17 heavy (non-hydrogen) atoms. The topological polar surface area (TPSA) is 24.5 Å². The smallest absolute Gasteiger partial charge is 0.0698 e. The molecular formula is C14H28N2O. The van der Waals surface area contributed by atoms with Crippen LogP contribution in [0.4, 0.5) is 0 Å². The summed E-state index contributed by atoms with van der Waals surface area (Å²) < 4.78 is 5.55. The fraction of sp³-hybridized carbons (Fsp3) is 1.00. The molecule has 100 valence electrons. The van der Waals surface area contributed by atoms with Gasteiger partial charge in [0, 0.05) is 25.7 Å². The van der Waals surface area contributed by atoms with Crippen molar-refractivity contribution in [3.05, 3.63) is 0 Å².